The number of hydrogen-bond acceptors (Lipinski definition) is 7. The Morgan fingerprint density at radius 2 is 1.46 bits per heavy atom. The third-order valence-electron chi connectivity index (χ3n) is 6.46. The normalized spacial score (nSPS) is 18.3. The molecule has 2 heterocycles. The molecule has 0 amide bonds. The SMILES string of the molecule is CSC1=C(SC)SC(=C2SC=C(c3cc4c5c(cc(C(C)(C)C)c([O])c5c3)C=C(C(C)(C)C)C4=O)S2)S1. The van der Waals surface area contributed by atoms with Crippen LogP contribution in [0.3, 0.4) is 0 Å². The van der Waals surface area contributed by atoms with Gasteiger partial charge in [0.15, 0.2) is 11.5 Å². The highest BCUT2D eigenvalue weighted by Gasteiger charge is 2.34. The van der Waals surface area contributed by atoms with Crippen molar-refractivity contribution in [2.45, 2.75) is 47.0 Å². The van der Waals surface area contributed by atoms with Gasteiger partial charge in [0.2, 0.25) is 0 Å². The number of thioether (sulfide) groups is 6. The molecule has 0 saturated carbocycles. The zero-order chi connectivity index (χ0) is 26.9. The lowest BCUT2D eigenvalue weighted by Crippen LogP contribution is -2.21. The van der Waals surface area contributed by atoms with E-state index in [1.165, 1.54) is 16.9 Å². The number of allylic oxidation sites excluding steroid dienone is 1. The molecular formula is C29H29O2S6. The zero-order valence-electron chi connectivity index (χ0n) is 22.2. The standard InChI is InChI=1S/C29H29O2S6/c1-28(2,3)18-11-15-12-19(29(4,5)6)23(31)17-10-14(9-16(21(15)17)22(18)30)20-13-34-26(35-20)27-36-24(32-7)25(33-8)37-27/h9-13H,1-8H3. The van der Waals surface area contributed by atoms with Gasteiger partial charge in [-0.1, -0.05) is 88.6 Å². The van der Waals surface area contributed by atoms with Gasteiger partial charge in [-0.15, -0.1) is 23.5 Å². The molecule has 1 radical (unpaired) electrons. The minimum Gasteiger partial charge on any atom is -0.289 e. The van der Waals surface area contributed by atoms with Crippen LogP contribution in [0.1, 0.15) is 68.6 Å². The maximum atomic E-state index is 13.8. The number of carbonyl (C=O) groups excluding carboxylic acids is 1. The first-order valence-electron chi connectivity index (χ1n) is 11.9. The molecule has 1 aliphatic carbocycles. The van der Waals surface area contributed by atoms with E-state index in [4.69, 9.17) is 0 Å². The first-order valence-corrected chi connectivity index (χ1v) is 17.7. The Morgan fingerprint density at radius 1 is 0.811 bits per heavy atom. The second-order valence-electron chi connectivity index (χ2n) is 11.1. The van der Waals surface area contributed by atoms with Gasteiger partial charge in [-0.25, -0.2) is 0 Å². The van der Waals surface area contributed by atoms with Gasteiger partial charge in [0, 0.05) is 32.4 Å². The largest absolute Gasteiger partial charge is 0.289 e. The predicted octanol–water partition coefficient (Wildman–Crippen LogP) is 11.1. The van der Waals surface area contributed by atoms with E-state index in [2.05, 4.69) is 59.5 Å². The molecule has 37 heavy (non-hydrogen) atoms. The Morgan fingerprint density at radius 3 is 2.03 bits per heavy atom. The molecule has 0 atom stereocenters. The van der Waals surface area contributed by atoms with Crippen molar-refractivity contribution in [1.29, 1.82) is 0 Å². The molecule has 0 spiro atoms. The Bertz CT molecular complexity index is 1460. The van der Waals surface area contributed by atoms with Gasteiger partial charge >= 0.3 is 0 Å². The van der Waals surface area contributed by atoms with Crippen LogP contribution in [0.2, 0.25) is 0 Å². The third kappa shape index (κ3) is 5.00. The van der Waals surface area contributed by atoms with Crippen LogP contribution < -0.4 is 0 Å². The van der Waals surface area contributed by atoms with Crippen LogP contribution in [0.4, 0.5) is 0 Å². The molecule has 8 heteroatoms. The molecule has 2 aromatic carbocycles. The summed E-state index contributed by atoms with van der Waals surface area (Å²) >= 11 is 10.8. The van der Waals surface area contributed by atoms with Crippen molar-refractivity contribution < 1.29 is 9.90 Å². The van der Waals surface area contributed by atoms with Crippen LogP contribution in [0.15, 0.2) is 46.1 Å². The molecule has 0 aromatic heterocycles. The first kappa shape index (κ1) is 27.8. The van der Waals surface area contributed by atoms with Crippen LogP contribution in [0.5, 0.6) is 5.75 Å². The van der Waals surface area contributed by atoms with E-state index in [9.17, 15) is 9.90 Å². The van der Waals surface area contributed by atoms with E-state index >= 15 is 0 Å². The van der Waals surface area contributed by atoms with Crippen molar-refractivity contribution in [1.82, 2.24) is 0 Å². The fourth-order valence-electron chi connectivity index (χ4n) is 4.56. The molecule has 0 unspecified atom stereocenters. The Balaban J connectivity index is 1.64. The summed E-state index contributed by atoms with van der Waals surface area (Å²) in [6.45, 7) is 12.5. The molecule has 2 nitrogen and oxygen atoms in total. The van der Waals surface area contributed by atoms with E-state index in [0.29, 0.717) is 10.9 Å². The van der Waals surface area contributed by atoms with Crippen LogP contribution in [0, 0.1) is 5.41 Å². The van der Waals surface area contributed by atoms with Crippen molar-refractivity contribution >= 4 is 98.1 Å². The molecule has 0 N–H and O–H groups in total. The van der Waals surface area contributed by atoms with Gasteiger partial charge in [-0.2, -0.15) is 0 Å². The molecule has 3 aliphatic rings. The summed E-state index contributed by atoms with van der Waals surface area (Å²) in [5, 5.41) is 17.4. The molecule has 2 aromatic rings. The molecule has 0 fully saturated rings. The minimum atomic E-state index is -0.294. The average molecular weight is 602 g/mol. The lowest BCUT2D eigenvalue weighted by Gasteiger charge is -2.29. The van der Waals surface area contributed by atoms with E-state index < -0.39 is 0 Å². The predicted molar refractivity (Wildman–Crippen MR) is 174 cm³/mol. The van der Waals surface area contributed by atoms with Crippen LogP contribution >= 0.6 is 70.6 Å². The van der Waals surface area contributed by atoms with E-state index in [1.807, 2.05) is 47.8 Å². The van der Waals surface area contributed by atoms with Crippen LogP contribution in [-0.4, -0.2) is 18.3 Å². The Labute approximate surface area is 245 Å². The average Bonchev–Trinajstić information content (AvgIpc) is 3.48. The summed E-state index contributed by atoms with van der Waals surface area (Å²) in [5.41, 5.74) is 3.58. The van der Waals surface area contributed by atoms with E-state index in [1.54, 1.807) is 47.0 Å². The summed E-state index contributed by atoms with van der Waals surface area (Å²) in [6.07, 6.45) is 6.27. The summed E-state index contributed by atoms with van der Waals surface area (Å²) in [7, 11) is 0. The van der Waals surface area contributed by atoms with Gasteiger partial charge in [0.05, 0.1) is 16.9 Å². The van der Waals surface area contributed by atoms with Crippen molar-refractivity contribution in [3.63, 3.8) is 0 Å². The summed E-state index contributed by atoms with van der Waals surface area (Å²) < 4.78 is 5.29. The van der Waals surface area contributed by atoms with Crippen molar-refractivity contribution in [2.24, 2.45) is 5.41 Å². The fourth-order valence-corrected chi connectivity index (χ4v) is 12.2. The number of Topliss-reactive ketones (excluding diaryl/α,β-unsaturated/α-hetero) is 1. The fraction of sp³-hybridized carbons (Fsp3) is 0.345. The van der Waals surface area contributed by atoms with Crippen molar-refractivity contribution in [2.75, 3.05) is 12.5 Å². The molecule has 2 aliphatic heterocycles. The van der Waals surface area contributed by atoms with Gasteiger partial charge in [-0.05, 0) is 64.2 Å². The van der Waals surface area contributed by atoms with Crippen LogP contribution in [-0.2, 0) is 10.5 Å². The summed E-state index contributed by atoms with van der Waals surface area (Å²) in [6, 6.07) is 6.05. The summed E-state index contributed by atoms with van der Waals surface area (Å²) in [5.74, 6) is 0.0647. The van der Waals surface area contributed by atoms with Crippen molar-refractivity contribution in [3.05, 3.63) is 68.4 Å². The summed E-state index contributed by atoms with van der Waals surface area (Å²) in [4.78, 5) is 14.9. The third-order valence-corrected chi connectivity index (χ3v) is 14.6. The first-order chi connectivity index (χ1) is 17.3. The maximum absolute atomic E-state index is 13.8. The molecule has 193 valence electrons. The monoisotopic (exact) mass is 601 g/mol. The number of carbonyl (C=O) groups is 1. The smallest absolute Gasteiger partial charge is 0.190 e. The number of hydrogen-bond donors (Lipinski definition) is 0. The second-order valence-corrected chi connectivity index (χ2v) is 17.8. The lowest BCUT2D eigenvalue weighted by molar-refractivity contribution is 0.101. The van der Waals surface area contributed by atoms with E-state index in [0.717, 1.165) is 32.6 Å². The van der Waals surface area contributed by atoms with Crippen LogP contribution in [0.25, 0.3) is 21.8 Å². The minimum absolute atomic E-state index is 0.0323. The highest BCUT2D eigenvalue weighted by molar-refractivity contribution is 8.42. The van der Waals surface area contributed by atoms with Gasteiger partial charge in [0.25, 0.3) is 0 Å². The zero-order valence-corrected chi connectivity index (χ0v) is 27.1. The highest BCUT2D eigenvalue weighted by Crippen LogP contribution is 2.63. The van der Waals surface area contributed by atoms with Crippen molar-refractivity contribution in [3.8, 4) is 5.75 Å². The molecule has 0 saturated heterocycles. The Hall–Kier alpha value is -0.770. The second kappa shape index (κ2) is 10.0. The number of ketones is 1. The van der Waals surface area contributed by atoms with Gasteiger partial charge in [0.1, 0.15) is 0 Å². The maximum Gasteiger partial charge on any atom is 0.190 e. The number of rotatable bonds is 3. The lowest BCUT2D eigenvalue weighted by atomic mass is 9.74. The Kier molecular flexibility index (Phi) is 7.51. The molecule has 5 rings (SSSR count). The van der Waals surface area contributed by atoms with Gasteiger partial charge < -0.3 is 0 Å². The topological polar surface area (TPSA) is 37.0 Å². The van der Waals surface area contributed by atoms with E-state index in [-0.39, 0.29) is 22.4 Å². The molecular weight excluding hydrogens is 573 g/mol. The van der Waals surface area contributed by atoms with Gasteiger partial charge in [-0.3, -0.25) is 9.90 Å². The quantitative estimate of drug-likeness (QED) is 0.346. The highest BCUT2D eigenvalue weighted by atomic mass is 32.3. The molecule has 0 bridgehead atoms. The number of benzene rings is 2.